The summed E-state index contributed by atoms with van der Waals surface area (Å²) < 4.78 is 4.98. The summed E-state index contributed by atoms with van der Waals surface area (Å²) >= 11 is 0. The van der Waals surface area contributed by atoms with E-state index in [9.17, 15) is 0 Å². The van der Waals surface area contributed by atoms with Crippen molar-refractivity contribution < 1.29 is 9.63 Å². The zero-order chi connectivity index (χ0) is 12.3. The number of aliphatic hydroxyl groups excluding tert-OH is 1. The van der Waals surface area contributed by atoms with Crippen molar-refractivity contribution in [2.75, 3.05) is 6.61 Å². The van der Waals surface area contributed by atoms with E-state index in [1.807, 2.05) is 31.2 Å². The van der Waals surface area contributed by atoms with Gasteiger partial charge in [-0.25, -0.2) is 0 Å². The third-order valence-electron chi connectivity index (χ3n) is 2.61. The monoisotopic (exact) mass is 233 g/mol. The van der Waals surface area contributed by atoms with Gasteiger partial charge >= 0.3 is 0 Å². The smallest absolute Gasteiger partial charge is 0.245 e. The number of aromatic nitrogens is 2. The first-order valence-electron chi connectivity index (χ1n) is 5.44. The van der Waals surface area contributed by atoms with Gasteiger partial charge in [-0.3, -0.25) is 0 Å². The van der Waals surface area contributed by atoms with Crippen LogP contribution in [-0.4, -0.2) is 21.9 Å². The number of nitrogens with two attached hydrogens (primary N) is 1. The van der Waals surface area contributed by atoms with Gasteiger partial charge in [0.2, 0.25) is 5.89 Å². The van der Waals surface area contributed by atoms with E-state index < -0.39 is 6.04 Å². The molecule has 2 rings (SSSR count). The molecule has 0 amide bonds. The van der Waals surface area contributed by atoms with Crippen molar-refractivity contribution in [2.45, 2.75) is 19.4 Å². The number of hydrogen-bond donors (Lipinski definition) is 2. The van der Waals surface area contributed by atoms with Crippen molar-refractivity contribution in [3.8, 4) is 0 Å². The van der Waals surface area contributed by atoms with E-state index >= 15 is 0 Å². The molecule has 3 N–H and O–H groups in total. The molecule has 0 saturated carbocycles. The lowest BCUT2D eigenvalue weighted by Crippen LogP contribution is -2.14. The molecule has 1 heterocycles. The average molecular weight is 233 g/mol. The molecule has 0 aliphatic rings. The first-order valence-corrected chi connectivity index (χ1v) is 5.44. The largest absolute Gasteiger partial charge is 0.394 e. The molecular weight excluding hydrogens is 218 g/mol. The zero-order valence-corrected chi connectivity index (χ0v) is 9.63. The van der Waals surface area contributed by atoms with E-state index in [-0.39, 0.29) is 12.5 Å². The van der Waals surface area contributed by atoms with Crippen molar-refractivity contribution in [2.24, 2.45) is 5.73 Å². The maximum Gasteiger partial charge on any atom is 0.245 e. The van der Waals surface area contributed by atoms with Crippen LogP contribution in [0, 0.1) is 6.92 Å². The highest BCUT2D eigenvalue weighted by molar-refractivity contribution is 5.27. The van der Waals surface area contributed by atoms with E-state index in [1.165, 1.54) is 5.56 Å². The summed E-state index contributed by atoms with van der Waals surface area (Å²) in [6.45, 7) is 1.84. The van der Waals surface area contributed by atoms with E-state index in [0.29, 0.717) is 12.2 Å². The SMILES string of the molecule is Cc1ccccc1Cc1noc([C@H](N)CO)n1. The number of nitrogens with zero attached hydrogens (tertiary/aromatic N) is 2. The van der Waals surface area contributed by atoms with Crippen molar-refractivity contribution in [1.29, 1.82) is 0 Å². The molecule has 0 radical (unpaired) electrons. The van der Waals surface area contributed by atoms with Crippen molar-refractivity contribution >= 4 is 0 Å². The molecule has 17 heavy (non-hydrogen) atoms. The summed E-state index contributed by atoms with van der Waals surface area (Å²) in [4.78, 5) is 4.15. The predicted molar refractivity (Wildman–Crippen MR) is 62.3 cm³/mol. The Bertz CT molecular complexity index is 496. The van der Waals surface area contributed by atoms with Crippen LogP contribution < -0.4 is 5.73 Å². The van der Waals surface area contributed by atoms with Crippen molar-refractivity contribution in [1.82, 2.24) is 10.1 Å². The first kappa shape index (κ1) is 11.8. The van der Waals surface area contributed by atoms with E-state index in [2.05, 4.69) is 10.1 Å². The third kappa shape index (κ3) is 2.69. The van der Waals surface area contributed by atoms with Crippen LogP contribution in [0.3, 0.4) is 0 Å². The number of aliphatic hydroxyl groups is 1. The number of aryl methyl sites for hydroxylation is 1. The van der Waals surface area contributed by atoms with Gasteiger partial charge in [0.05, 0.1) is 6.61 Å². The molecule has 1 aromatic heterocycles. The van der Waals surface area contributed by atoms with Crippen LogP contribution in [0.1, 0.15) is 28.9 Å². The average Bonchev–Trinajstić information content (AvgIpc) is 2.80. The Hall–Kier alpha value is -1.72. The van der Waals surface area contributed by atoms with Crippen LogP contribution in [0.25, 0.3) is 0 Å². The molecular formula is C12H15N3O2. The van der Waals surface area contributed by atoms with Crippen LogP contribution in [0.5, 0.6) is 0 Å². The maximum atomic E-state index is 8.88. The molecule has 90 valence electrons. The van der Waals surface area contributed by atoms with E-state index in [0.717, 1.165) is 5.56 Å². The number of benzene rings is 1. The van der Waals surface area contributed by atoms with Gasteiger partial charge in [0.1, 0.15) is 6.04 Å². The Balaban J connectivity index is 2.14. The van der Waals surface area contributed by atoms with Crippen LogP contribution in [0.4, 0.5) is 0 Å². The van der Waals surface area contributed by atoms with Crippen LogP contribution in [0.15, 0.2) is 28.8 Å². The third-order valence-corrected chi connectivity index (χ3v) is 2.61. The van der Waals surface area contributed by atoms with Gasteiger partial charge in [-0.1, -0.05) is 29.4 Å². The Kier molecular flexibility index (Phi) is 3.51. The lowest BCUT2D eigenvalue weighted by molar-refractivity contribution is 0.236. The van der Waals surface area contributed by atoms with Gasteiger partial charge in [-0.15, -0.1) is 0 Å². The second-order valence-corrected chi connectivity index (χ2v) is 3.94. The van der Waals surface area contributed by atoms with Crippen LogP contribution in [-0.2, 0) is 6.42 Å². The number of rotatable bonds is 4. The minimum absolute atomic E-state index is 0.202. The molecule has 0 unspecified atom stereocenters. The molecule has 0 spiro atoms. The lowest BCUT2D eigenvalue weighted by atomic mass is 10.1. The summed E-state index contributed by atoms with van der Waals surface area (Å²) in [6, 6.07) is 7.42. The quantitative estimate of drug-likeness (QED) is 0.821. The van der Waals surface area contributed by atoms with Crippen molar-refractivity contribution in [3.63, 3.8) is 0 Å². The molecule has 0 fully saturated rings. The lowest BCUT2D eigenvalue weighted by Gasteiger charge is -2.01. The topological polar surface area (TPSA) is 85.2 Å². The second-order valence-electron chi connectivity index (χ2n) is 3.94. The highest BCUT2D eigenvalue weighted by Gasteiger charge is 2.14. The molecule has 0 aliphatic heterocycles. The highest BCUT2D eigenvalue weighted by Crippen LogP contribution is 2.13. The Morgan fingerprint density at radius 1 is 1.41 bits per heavy atom. The van der Waals surface area contributed by atoms with Gasteiger partial charge in [0, 0.05) is 6.42 Å². The van der Waals surface area contributed by atoms with Crippen LogP contribution in [0.2, 0.25) is 0 Å². The Morgan fingerprint density at radius 3 is 2.88 bits per heavy atom. The van der Waals surface area contributed by atoms with Gasteiger partial charge in [-0.05, 0) is 18.1 Å². The molecule has 2 aromatic rings. The van der Waals surface area contributed by atoms with Gasteiger partial charge in [0.15, 0.2) is 5.82 Å². The Labute approximate surface area is 99.3 Å². The minimum Gasteiger partial charge on any atom is -0.394 e. The Morgan fingerprint density at radius 2 is 2.18 bits per heavy atom. The molecule has 1 atom stereocenters. The highest BCUT2D eigenvalue weighted by atomic mass is 16.5. The molecule has 0 saturated heterocycles. The summed E-state index contributed by atoms with van der Waals surface area (Å²) in [6.07, 6.45) is 0.605. The zero-order valence-electron chi connectivity index (χ0n) is 9.63. The minimum atomic E-state index is -0.604. The summed E-state index contributed by atoms with van der Waals surface area (Å²) in [5.41, 5.74) is 7.92. The normalized spacial score (nSPS) is 12.6. The number of hydrogen-bond acceptors (Lipinski definition) is 5. The van der Waals surface area contributed by atoms with Crippen molar-refractivity contribution in [3.05, 3.63) is 47.1 Å². The first-order chi connectivity index (χ1) is 8.20. The second kappa shape index (κ2) is 5.07. The van der Waals surface area contributed by atoms with Gasteiger partial charge < -0.3 is 15.4 Å². The maximum absolute atomic E-state index is 8.88. The van der Waals surface area contributed by atoms with E-state index in [4.69, 9.17) is 15.4 Å². The summed E-state index contributed by atoms with van der Waals surface area (Å²) in [5.74, 6) is 0.856. The molecule has 5 nitrogen and oxygen atoms in total. The van der Waals surface area contributed by atoms with Gasteiger partial charge in [-0.2, -0.15) is 4.98 Å². The van der Waals surface area contributed by atoms with E-state index in [1.54, 1.807) is 0 Å². The standard InChI is InChI=1S/C12H15N3O2/c1-8-4-2-3-5-9(8)6-11-14-12(17-15-11)10(13)7-16/h2-5,10,16H,6-7,13H2,1H3/t10-/m1/s1. The summed E-state index contributed by atoms with van der Waals surface area (Å²) in [5, 5.41) is 12.7. The fraction of sp³-hybridized carbons (Fsp3) is 0.333. The fourth-order valence-electron chi connectivity index (χ4n) is 1.55. The van der Waals surface area contributed by atoms with Gasteiger partial charge in [0.25, 0.3) is 0 Å². The molecule has 0 bridgehead atoms. The molecule has 0 aliphatic carbocycles. The van der Waals surface area contributed by atoms with Crippen LogP contribution >= 0.6 is 0 Å². The predicted octanol–water partition coefficient (Wildman–Crippen LogP) is 0.961. The fourth-order valence-corrected chi connectivity index (χ4v) is 1.55. The molecule has 5 heteroatoms. The summed E-state index contributed by atoms with van der Waals surface area (Å²) in [7, 11) is 0. The molecule has 1 aromatic carbocycles.